The van der Waals surface area contributed by atoms with E-state index in [1.807, 2.05) is 0 Å². The monoisotopic (exact) mass is 142 g/mol. The van der Waals surface area contributed by atoms with Crippen LogP contribution >= 0.6 is 0 Å². The quantitative estimate of drug-likeness (QED) is 0.631. The normalized spacial score (nSPS) is 10.1. The zero-order valence-electron chi connectivity index (χ0n) is 5.58. The molecule has 0 unspecified atom stereocenters. The van der Waals surface area contributed by atoms with Crippen LogP contribution in [0.15, 0.2) is 10.7 Å². The lowest BCUT2D eigenvalue weighted by Gasteiger charge is -1.91. The highest BCUT2D eigenvalue weighted by atomic mass is 16.5. The van der Waals surface area contributed by atoms with Crippen molar-refractivity contribution in [2.45, 2.75) is 12.8 Å². The van der Waals surface area contributed by atoms with E-state index in [4.69, 9.17) is 10.8 Å². The lowest BCUT2D eigenvalue weighted by molar-refractivity contribution is 0.288. The minimum Gasteiger partial charge on any atom is -0.396 e. The fourth-order valence-corrected chi connectivity index (χ4v) is 0.726. The predicted molar refractivity (Wildman–Crippen MR) is 36.3 cm³/mol. The van der Waals surface area contributed by atoms with Gasteiger partial charge in [0, 0.05) is 12.2 Å². The summed E-state index contributed by atoms with van der Waals surface area (Å²) in [6.45, 7) is 0.171. The number of aliphatic hydroxyl groups excluding tert-OH is 1. The van der Waals surface area contributed by atoms with E-state index in [9.17, 15) is 0 Å². The predicted octanol–water partition coefficient (Wildman–Crippen LogP) is 0.182. The van der Waals surface area contributed by atoms with E-state index in [2.05, 4.69) is 9.68 Å². The first-order chi connectivity index (χ1) is 4.84. The maximum atomic E-state index is 8.46. The van der Waals surface area contributed by atoms with Gasteiger partial charge in [0.15, 0.2) is 0 Å². The van der Waals surface area contributed by atoms with Crippen molar-refractivity contribution in [1.82, 2.24) is 5.16 Å². The Bertz CT molecular complexity index is 197. The Balaban J connectivity index is 2.49. The number of aryl methyl sites for hydroxylation is 1. The van der Waals surface area contributed by atoms with Crippen molar-refractivity contribution in [3.63, 3.8) is 0 Å². The fourth-order valence-electron chi connectivity index (χ4n) is 0.726. The van der Waals surface area contributed by atoms with Crippen LogP contribution in [-0.2, 0) is 6.42 Å². The number of rotatable bonds is 3. The number of aromatic nitrogens is 1. The molecular formula is C6H10N2O2. The lowest BCUT2D eigenvalue weighted by atomic mass is 10.2. The molecule has 0 bridgehead atoms. The van der Waals surface area contributed by atoms with Crippen molar-refractivity contribution < 1.29 is 9.63 Å². The van der Waals surface area contributed by atoms with Crippen molar-refractivity contribution in [3.8, 4) is 0 Å². The first-order valence-corrected chi connectivity index (χ1v) is 3.14. The number of nitrogens with zero attached hydrogens (tertiary/aromatic N) is 1. The first-order valence-electron chi connectivity index (χ1n) is 3.14. The van der Waals surface area contributed by atoms with Gasteiger partial charge in [-0.1, -0.05) is 5.16 Å². The maximum absolute atomic E-state index is 8.46. The second-order valence-corrected chi connectivity index (χ2v) is 2.04. The second-order valence-electron chi connectivity index (χ2n) is 2.04. The lowest BCUT2D eigenvalue weighted by Crippen LogP contribution is -1.91. The zero-order chi connectivity index (χ0) is 7.40. The molecule has 10 heavy (non-hydrogen) atoms. The minimum absolute atomic E-state index is 0.171. The summed E-state index contributed by atoms with van der Waals surface area (Å²) in [5, 5.41) is 12.0. The van der Waals surface area contributed by atoms with Crippen LogP contribution in [0.4, 0.5) is 5.88 Å². The van der Waals surface area contributed by atoms with Gasteiger partial charge in [-0.05, 0) is 12.8 Å². The van der Waals surface area contributed by atoms with Gasteiger partial charge in [-0.2, -0.15) is 0 Å². The fraction of sp³-hybridized carbons (Fsp3) is 0.500. The largest absolute Gasteiger partial charge is 0.396 e. The zero-order valence-corrected chi connectivity index (χ0v) is 5.58. The van der Waals surface area contributed by atoms with Crippen molar-refractivity contribution in [1.29, 1.82) is 0 Å². The van der Waals surface area contributed by atoms with E-state index in [-0.39, 0.29) is 6.61 Å². The summed E-state index contributed by atoms with van der Waals surface area (Å²) in [6, 6.07) is 0. The van der Waals surface area contributed by atoms with Crippen LogP contribution in [-0.4, -0.2) is 16.9 Å². The molecule has 0 spiro atoms. The molecule has 1 aromatic heterocycles. The molecule has 1 aromatic rings. The van der Waals surface area contributed by atoms with Crippen LogP contribution in [0.2, 0.25) is 0 Å². The topological polar surface area (TPSA) is 72.3 Å². The highest BCUT2D eigenvalue weighted by Gasteiger charge is 2.01. The van der Waals surface area contributed by atoms with Gasteiger partial charge >= 0.3 is 0 Å². The maximum Gasteiger partial charge on any atom is 0.225 e. The van der Waals surface area contributed by atoms with Gasteiger partial charge in [0.05, 0.1) is 6.20 Å². The summed E-state index contributed by atoms with van der Waals surface area (Å²) in [4.78, 5) is 0. The van der Waals surface area contributed by atoms with E-state index >= 15 is 0 Å². The molecule has 0 saturated heterocycles. The average Bonchev–Trinajstić information content (AvgIpc) is 2.31. The van der Waals surface area contributed by atoms with E-state index in [1.54, 1.807) is 6.20 Å². The van der Waals surface area contributed by atoms with Crippen LogP contribution in [0, 0.1) is 0 Å². The van der Waals surface area contributed by atoms with Crippen LogP contribution in [0.1, 0.15) is 12.0 Å². The van der Waals surface area contributed by atoms with Crippen molar-refractivity contribution in [3.05, 3.63) is 11.8 Å². The van der Waals surface area contributed by atoms with Gasteiger partial charge < -0.3 is 15.4 Å². The molecule has 56 valence electrons. The smallest absolute Gasteiger partial charge is 0.225 e. The summed E-state index contributed by atoms with van der Waals surface area (Å²) < 4.78 is 4.61. The van der Waals surface area contributed by atoms with E-state index in [0.717, 1.165) is 12.0 Å². The highest BCUT2D eigenvalue weighted by molar-refractivity contribution is 5.32. The van der Waals surface area contributed by atoms with E-state index in [1.165, 1.54) is 0 Å². The van der Waals surface area contributed by atoms with Crippen LogP contribution in [0.5, 0.6) is 0 Å². The van der Waals surface area contributed by atoms with Crippen molar-refractivity contribution >= 4 is 5.88 Å². The Morgan fingerprint density at radius 2 is 2.50 bits per heavy atom. The third kappa shape index (κ3) is 1.48. The standard InChI is InChI=1S/C6H10N2O2/c7-6-5(2-1-3-9)4-8-10-6/h4,9H,1-3,7H2. The van der Waals surface area contributed by atoms with Crippen LogP contribution in [0.25, 0.3) is 0 Å². The average molecular weight is 142 g/mol. The molecule has 4 nitrogen and oxygen atoms in total. The SMILES string of the molecule is Nc1oncc1CCCO. The molecule has 1 rings (SSSR count). The molecule has 0 aliphatic heterocycles. The molecule has 0 aliphatic rings. The second kappa shape index (κ2) is 3.22. The van der Waals surface area contributed by atoms with Gasteiger partial charge in [-0.3, -0.25) is 0 Å². The van der Waals surface area contributed by atoms with Crippen molar-refractivity contribution in [2.75, 3.05) is 12.3 Å². The molecular weight excluding hydrogens is 132 g/mol. The Kier molecular flexibility index (Phi) is 2.28. The summed E-state index contributed by atoms with van der Waals surface area (Å²) in [7, 11) is 0. The number of nitrogens with two attached hydrogens (primary N) is 1. The van der Waals surface area contributed by atoms with Gasteiger partial charge in [0.2, 0.25) is 5.88 Å². The Morgan fingerprint density at radius 1 is 1.70 bits per heavy atom. The highest BCUT2D eigenvalue weighted by Crippen LogP contribution is 2.10. The molecule has 0 aliphatic carbocycles. The Morgan fingerprint density at radius 3 is 3.00 bits per heavy atom. The number of anilines is 1. The number of aliphatic hydroxyl groups is 1. The summed E-state index contributed by atoms with van der Waals surface area (Å²) in [5.41, 5.74) is 6.24. The Hall–Kier alpha value is -1.03. The molecule has 0 saturated carbocycles. The molecule has 0 amide bonds. The Labute approximate surface area is 58.6 Å². The van der Waals surface area contributed by atoms with E-state index in [0.29, 0.717) is 12.3 Å². The molecule has 1 heterocycles. The van der Waals surface area contributed by atoms with Crippen molar-refractivity contribution in [2.24, 2.45) is 0 Å². The molecule has 0 radical (unpaired) electrons. The van der Waals surface area contributed by atoms with E-state index < -0.39 is 0 Å². The molecule has 4 heteroatoms. The van der Waals surface area contributed by atoms with Crippen LogP contribution < -0.4 is 5.73 Å². The third-order valence-electron chi connectivity index (χ3n) is 1.28. The number of hydrogen-bond donors (Lipinski definition) is 2. The van der Waals surface area contributed by atoms with Gasteiger partial charge in [0.1, 0.15) is 0 Å². The molecule has 0 aromatic carbocycles. The van der Waals surface area contributed by atoms with Gasteiger partial charge in [-0.15, -0.1) is 0 Å². The summed E-state index contributed by atoms with van der Waals surface area (Å²) in [6.07, 6.45) is 3.00. The van der Waals surface area contributed by atoms with Gasteiger partial charge in [-0.25, -0.2) is 0 Å². The van der Waals surface area contributed by atoms with Crippen LogP contribution in [0.3, 0.4) is 0 Å². The molecule has 0 fully saturated rings. The van der Waals surface area contributed by atoms with Gasteiger partial charge in [0.25, 0.3) is 0 Å². The summed E-state index contributed by atoms with van der Waals surface area (Å²) in [5.74, 6) is 0.355. The third-order valence-corrected chi connectivity index (χ3v) is 1.28. The first kappa shape index (κ1) is 7.08. The molecule has 0 atom stereocenters. The number of nitrogen functional groups attached to an aromatic ring is 1. The minimum atomic E-state index is 0.171. The molecule has 3 N–H and O–H groups in total. The number of hydrogen-bond acceptors (Lipinski definition) is 4. The summed E-state index contributed by atoms with van der Waals surface area (Å²) >= 11 is 0.